The van der Waals surface area contributed by atoms with Gasteiger partial charge in [-0.25, -0.2) is 14.8 Å². The van der Waals surface area contributed by atoms with E-state index >= 15 is 0 Å². The van der Waals surface area contributed by atoms with Gasteiger partial charge in [-0.1, -0.05) is 57.2 Å². The van der Waals surface area contributed by atoms with Crippen LogP contribution in [0.2, 0.25) is 0 Å². The molecule has 3 N–H and O–H groups in total. The minimum Gasteiger partial charge on any atom is -0.445 e. The Morgan fingerprint density at radius 3 is 2.48 bits per heavy atom. The zero-order valence-electron chi connectivity index (χ0n) is 28.7. The summed E-state index contributed by atoms with van der Waals surface area (Å²) in [6, 6.07) is 18.7. The minimum atomic E-state index is -0.789. The predicted octanol–water partition coefficient (Wildman–Crippen LogP) is 7.35. The summed E-state index contributed by atoms with van der Waals surface area (Å²) in [5, 5.41) is 7.94. The molecule has 1 aromatic carbocycles. The van der Waals surface area contributed by atoms with Crippen molar-refractivity contribution in [3.8, 4) is 0 Å². The van der Waals surface area contributed by atoms with Gasteiger partial charge >= 0.3 is 6.09 Å². The van der Waals surface area contributed by atoms with E-state index in [1.54, 1.807) is 6.07 Å². The molecule has 0 bridgehead atoms. The summed E-state index contributed by atoms with van der Waals surface area (Å²) < 4.78 is 23.0. The van der Waals surface area contributed by atoms with Gasteiger partial charge in [0.15, 0.2) is 0 Å². The highest BCUT2D eigenvalue weighted by atomic mass is 32.2. The van der Waals surface area contributed by atoms with E-state index in [0.29, 0.717) is 35.6 Å². The maximum atomic E-state index is 14.7. The number of rotatable bonds is 11. The normalized spacial score (nSPS) is 18.7. The molecule has 2 atom stereocenters. The lowest BCUT2D eigenvalue weighted by Gasteiger charge is -2.36. The van der Waals surface area contributed by atoms with Crippen LogP contribution in [-0.4, -0.2) is 58.1 Å². The van der Waals surface area contributed by atoms with Gasteiger partial charge in [-0.3, -0.25) is 9.52 Å². The van der Waals surface area contributed by atoms with Gasteiger partial charge in [0.2, 0.25) is 5.95 Å². The Morgan fingerprint density at radius 1 is 1.06 bits per heavy atom. The van der Waals surface area contributed by atoms with Crippen molar-refractivity contribution in [1.29, 1.82) is 0 Å². The molecule has 2 aromatic heterocycles. The summed E-state index contributed by atoms with van der Waals surface area (Å²) in [7, 11) is 0. The fourth-order valence-electron chi connectivity index (χ4n) is 6.54. The highest BCUT2D eigenvalue weighted by Gasteiger charge is 2.33. The van der Waals surface area contributed by atoms with Crippen LogP contribution in [0.4, 0.5) is 15.0 Å². The summed E-state index contributed by atoms with van der Waals surface area (Å²) in [6.07, 6.45) is 4.68. The number of hydrogen-bond donors (Lipinski definition) is 3. The van der Waals surface area contributed by atoms with E-state index in [9.17, 15) is 14.0 Å². The standard InChI is InChI=1S/C37H49FN6O3S/c1-36(2,3)30-17-15-28(33(38)41-30)34(45)43-48-32-13-9-12-31(42-32)40-29(16-14-26-22-37(4,5)39-23-26)27-18-20-44(21-19-27)35(46)47-24-25-10-7-6-8-11-25/h6-13,15,17,26-27,29,39H,14,16,18-24H2,1-5H3,(H,40,42)(H,43,45)/t26-,29?/m0/s1. The number of ether oxygens (including phenoxy) is 1. The summed E-state index contributed by atoms with van der Waals surface area (Å²) in [4.78, 5) is 36.2. The van der Waals surface area contributed by atoms with E-state index in [-0.39, 0.29) is 35.3 Å². The Labute approximate surface area is 288 Å². The Balaban J connectivity index is 1.19. The summed E-state index contributed by atoms with van der Waals surface area (Å²) >= 11 is 1.05. The van der Waals surface area contributed by atoms with Crippen LogP contribution in [0.5, 0.6) is 0 Å². The molecule has 2 amide bonds. The first kappa shape index (κ1) is 35.6. The van der Waals surface area contributed by atoms with Crippen molar-refractivity contribution in [1.82, 2.24) is 24.9 Å². The minimum absolute atomic E-state index is 0.107. The van der Waals surface area contributed by atoms with Crippen molar-refractivity contribution in [3.05, 3.63) is 83.4 Å². The Bertz CT molecular complexity index is 1540. The summed E-state index contributed by atoms with van der Waals surface area (Å²) in [5.74, 6) is 0.328. The SMILES string of the molecule is CC1(C)C[C@H](CCC(Nc2cccc(SNC(=O)c3ccc(C(C)(C)C)nc3F)n2)C2CCN(C(=O)OCc3ccccc3)CC2)CN1. The van der Waals surface area contributed by atoms with Gasteiger partial charge < -0.3 is 20.3 Å². The summed E-state index contributed by atoms with van der Waals surface area (Å²) in [6.45, 7) is 12.9. The van der Waals surface area contributed by atoms with Crippen molar-refractivity contribution >= 4 is 29.8 Å². The molecule has 0 saturated carbocycles. The Morgan fingerprint density at radius 2 is 1.81 bits per heavy atom. The van der Waals surface area contributed by atoms with Gasteiger partial charge in [0, 0.05) is 47.7 Å². The molecule has 2 aliphatic rings. The largest absolute Gasteiger partial charge is 0.445 e. The molecule has 2 aliphatic heterocycles. The second-order valence-electron chi connectivity index (χ2n) is 14.7. The number of benzene rings is 1. The van der Waals surface area contributed by atoms with Gasteiger partial charge in [0.1, 0.15) is 17.5 Å². The van der Waals surface area contributed by atoms with Crippen molar-refractivity contribution < 1.29 is 18.7 Å². The number of nitrogens with zero attached hydrogens (tertiary/aromatic N) is 3. The number of anilines is 1. The van der Waals surface area contributed by atoms with E-state index in [0.717, 1.165) is 62.0 Å². The van der Waals surface area contributed by atoms with Crippen LogP contribution in [0, 0.1) is 17.8 Å². The first-order valence-corrected chi connectivity index (χ1v) is 17.8. The molecule has 5 rings (SSSR count). The van der Waals surface area contributed by atoms with E-state index in [1.807, 2.05) is 74.2 Å². The van der Waals surface area contributed by atoms with Crippen LogP contribution in [0.25, 0.3) is 0 Å². The second kappa shape index (κ2) is 15.7. The molecule has 11 heteroatoms. The number of pyridine rings is 2. The number of piperidine rings is 1. The van der Waals surface area contributed by atoms with E-state index in [2.05, 4.69) is 34.2 Å². The number of nitrogens with one attached hydrogen (secondary N) is 3. The number of likely N-dealkylation sites (tertiary alicyclic amines) is 1. The molecular weight excluding hydrogens is 628 g/mol. The molecule has 2 fully saturated rings. The van der Waals surface area contributed by atoms with Crippen molar-refractivity contribution in [3.63, 3.8) is 0 Å². The molecule has 2 saturated heterocycles. The van der Waals surface area contributed by atoms with Crippen LogP contribution >= 0.6 is 11.9 Å². The zero-order chi connectivity index (χ0) is 34.3. The first-order valence-electron chi connectivity index (χ1n) is 16.9. The maximum absolute atomic E-state index is 14.7. The van der Waals surface area contributed by atoms with Gasteiger partial charge in [0.25, 0.3) is 5.91 Å². The molecule has 0 radical (unpaired) electrons. The number of carbonyl (C=O) groups is 2. The Kier molecular flexibility index (Phi) is 11.6. The highest BCUT2D eigenvalue weighted by molar-refractivity contribution is 7.97. The highest BCUT2D eigenvalue weighted by Crippen LogP contribution is 2.32. The van der Waals surface area contributed by atoms with Crippen LogP contribution < -0.4 is 15.4 Å². The van der Waals surface area contributed by atoms with Crippen LogP contribution in [0.1, 0.15) is 88.3 Å². The van der Waals surface area contributed by atoms with Gasteiger partial charge in [-0.15, -0.1) is 0 Å². The van der Waals surface area contributed by atoms with Crippen molar-refractivity contribution in [2.24, 2.45) is 11.8 Å². The van der Waals surface area contributed by atoms with Crippen LogP contribution in [0.15, 0.2) is 65.7 Å². The topological polar surface area (TPSA) is 108 Å². The summed E-state index contributed by atoms with van der Waals surface area (Å²) in [5.41, 5.74) is 1.28. The molecule has 3 aromatic rings. The quantitative estimate of drug-likeness (QED) is 0.143. The number of aromatic nitrogens is 2. The van der Waals surface area contributed by atoms with E-state index in [4.69, 9.17) is 9.72 Å². The van der Waals surface area contributed by atoms with Gasteiger partial charge in [-0.2, -0.15) is 4.39 Å². The lowest BCUT2D eigenvalue weighted by Crippen LogP contribution is -2.43. The third-order valence-corrected chi connectivity index (χ3v) is 10.0. The molecule has 1 unspecified atom stereocenters. The fraction of sp³-hybridized carbons (Fsp3) is 0.514. The van der Waals surface area contributed by atoms with Crippen molar-refractivity contribution in [2.45, 2.75) is 95.4 Å². The average Bonchev–Trinajstić information content (AvgIpc) is 3.42. The van der Waals surface area contributed by atoms with Gasteiger partial charge in [-0.05, 0) is 94.2 Å². The second-order valence-corrected chi connectivity index (χ2v) is 15.5. The number of hydrogen-bond acceptors (Lipinski definition) is 8. The van der Waals surface area contributed by atoms with E-state index in [1.165, 1.54) is 6.07 Å². The fourth-order valence-corrected chi connectivity index (χ4v) is 7.14. The molecule has 0 spiro atoms. The monoisotopic (exact) mass is 676 g/mol. The van der Waals surface area contributed by atoms with Crippen LogP contribution in [0.3, 0.4) is 0 Å². The number of amides is 2. The zero-order valence-corrected chi connectivity index (χ0v) is 29.5. The molecule has 9 nitrogen and oxygen atoms in total. The third kappa shape index (κ3) is 9.92. The van der Waals surface area contributed by atoms with Gasteiger partial charge in [0.05, 0.1) is 5.56 Å². The molecule has 258 valence electrons. The predicted molar refractivity (Wildman–Crippen MR) is 188 cm³/mol. The smallest absolute Gasteiger partial charge is 0.410 e. The molecular formula is C37H49FN6O3S. The lowest BCUT2D eigenvalue weighted by atomic mass is 9.84. The lowest BCUT2D eigenvalue weighted by molar-refractivity contribution is 0.0799. The Hall–Kier alpha value is -3.70. The molecule has 4 heterocycles. The third-order valence-electron chi connectivity index (χ3n) is 9.29. The number of halogens is 1. The van der Waals surface area contributed by atoms with Crippen molar-refractivity contribution in [2.75, 3.05) is 25.0 Å². The molecule has 0 aliphatic carbocycles. The maximum Gasteiger partial charge on any atom is 0.410 e. The molecule has 48 heavy (non-hydrogen) atoms. The first-order chi connectivity index (χ1) is 22.9. The van der Waals surface area contributed by atoms with E-state index < -0.39 is 11.9 Å². The van der Waals surface area contributed by atoms with Crippen LogP contribution in [-0.2, 0) is 16.8 Å². The number of carbonyl (C=O) groups excluding carboxylic acids is 2. The average molecular weight is 677 g/mol.